The molecule has 1 aromatic heterocycles. The molecule has 1 aliphatic rings. The monoisotopic (exact) mass is 320 g/mol. The Kier molecular flexibility index (Phi) is 6.10. The SMILES string of the molecule is CN=C(NCc1cc(C)oc1C)NCC(C)(C)N1CCCCC1. The van der Waals surface area contributed by atoms with Crippen molar-refractivity contribution in [3.8, 4) is 0 Å². The maximum Gasteiger partial charge on any atom is 0.191 e. The van der Waals surface area contributed by atoms with Gasteiger partial charge >= 0.3 is 0 Å². The van der Waals surface area contributed by atoms with E-state index >= 15 is 0 Å². The highest BCUT2D eigenvalue weighted by molar-refractivity contribution is 5.79. The fourth-order valence-electron chi connectivity index (χ4n) is 3.17. The predicted molar refractivity (Wildman–Crippen MR) is 95.9 cm³/mol. The van der Waals surface area contributed by atoms with Crippen molar-refractivity contribution in [2.24, 2.45) is 4.99 Å². The maximum atomic E-state index is 5.57. The molecule has 0 bridgehead atoms. The number of hydrogen-bond acceptors (Lipinski definition) is 3. The van der Waals surface area contributed by atoms with Crippen LogP contribution in [0.1, 0.15) is 50.2 Å². The van der Waals surface area contributed by atoms with Gasteiger partial charge in [0.15, 0.2) is 5.96 Å². The molecule has 1 aromatic rings. The van der Waals surface area contributed by atoms with Crippen molar-refractivity contribution in [2.45, 2.75) is 59.0 Å². The Hall–Kier alpha value is -1.49. The Morgan fingerprint density at radius 2 is 1.91 bits per heavy atom. The zero-order valence-electron chi connectivity index (χ0n) is 15.3. The van der Waals surface area contributed by atoms with Gasteiger partial charge in [-0.15, -0.1) is 0 Å². The molecule has 0 radical (unpaired) electrons. The Bertz CT molecular complexity index is 527. The molecular weight excluding hydrogens is 288 g/mol. The molecule has 5 heteroatoms. The lowest BCUT2D eigenvalue weighted by atomic mass is 9.98. The molecule has 130 valence electrons. The van der Waals surface area contributed by atoms with Crippen LogP contribution in [-0.4, -0.2) is 43.1 Å². The van der Waals surface area contributed by atoms with Gasteiger partial charge in [-0.05, 0) is 59.7 Å². The molecule has 1 aliphatic heterocycles. The lowest BCUT2D eigenvalue weighted by molar-refractivity contribution is 0.0982. The molecule has 1 fully saturated rings. The summed E-state index contributed by atoms with van der Waals surface area (Å²) in [5.74, 6) is 2.76. The van der Waals surface area contributed by atoms with E-state index in [4.69, 9.17) is 4.42 Å². The number of guanidine groups is 1. The van der Waals surface area contributed by atoms with Crippen LogP contribution in [0.2, 0.25) is 0 Å². The Labute approximate surface area is 140 Å². The van der Waals surface area contributed by atoms with Crippen molar-refractivity contribution in [3.05, 3.63) is 23.2 Å². The van der Waals surface area contributed by atoms with Crippen LogP contribution >= 0.6 is 0 Å². The predicted octanol–water partition coefficient (Wildman–Crippen LogP) is 2.83. The molecule has 1 saturated heterocycles. The number of piperidine rings is 1. The van der Waals surface area contributed by atoms with E-state index in [9.17, 15) is 0 Å². The van der Waals surface area contributed by atoms with E-state index in [0.29, 0.717) is 0 Å². The van der Waals surface area contributed by atoms with E-state index in [1.807, 2.05) is 20.9 Å². The zero-order chi connectivity index (χ0) is 16.9. The van der Waals surface area contributed by atoms with Crippen molar-refractivity contribution in [3.63, 3.8) is 0 Å². The van der Waals surface area contributed by atoms with Crippen LogP contribution in [0.15, 0.2) is 15.5 Å². The summed E-state index contributed by atoms with van der Waals surface area (Å²) in [6.07, 6.45) is 4.00. The summed E-state index contributed by atoms with van der Waals surface area (Å²) in [5, 5.41) is 6.85. The summed E-state index contributed by atoms with van der Waals surface area (Å²) in [6, 6.07) is 2.08. The van der Waals surface area contributed by atoms with Gasteiger partial charge < -0.3 is 15.1 Å². The number of likely N-dealkylation sites (tertiary alicyclic amines) is 1. The van der Waals surface area contributed by atoms with Crippen molar-refractivity contribution in [2.75, 3.05) is 26.7 Å². The first kappa shape index (κ1) is 17.9. The van der Waals surface area contributed by atoms with Crippen LogP contribution in [0.4, 0.5) is 0 Å². The summed E-state index contributed by atoms with van der Waals surface area (Å²) in [4.78, 5) is 6.92. The van der Waals surface area contributed by atoms with E-state index in [0.717, 1.165) is 30.6 Å². The van der Waals surface area contributed by atoms with Crippen LogP contribution < -0.4 is 10.6 Å². The zero-order valence-corrected chi connectivity index (χ0v) is 15.3. The van der Waals surface area contributed by atoms with E-state index in [2.05, 4.69) is 40.4 Å². The molecule has 2 N–H and O–H groups in total. The second-order valence-corrected chi connectivity index (χ2v) is 7.08. The topological polar surface area (TPSA) is 52.8 Å². The van der Waals surface area contributed by atoms with Crippen LogP contribution in [0, 0.1) is 13.8 Å². The Morgan fingerprint density at radius 3 is 2.48 bits per heavy atom. The van der Waals surface area contributed by atoms with Gasteiger partial charge in [0.1, 0.15) is 11.5 Å². The van der Waals surface area contributed by atoms with Gasteiger partial charge in [-0.25, -0.2) is 0 Å². The molecule has 23 heavy (non-hydrogen) atoms. The second kappa shape index (κ2) is 7.86. The third-order valence-electron chi connectivity index (χ3n) is 4.71. The molecule has 0 unspecified atom stereocenters. The molecule has 5 nitrogen and oxygen atoms in total. The highest BCUT2D eigenvalue weighted by Crippen LogP contribution is 2.19. The lowest BCUT2D eigenvalue weighted by Crippen LogP contribution is -2.54. The van der Waals surface area contributed by atoms with Crippen molar-refractivity contribution >= 4 is 5.96 Å². The van der Waals surface area contributed by atoms with E-state index in [1.54, 1.807) is 0 Å². The van der Waals surface area contributed by atoms with Crippen LogP contribution in [0.5, 0.6) is 0 Å². The first-order valence-corrected chi connectivity index (χ1v) is 8.68. The normalized spacial score (nSPS) is 17.3. The van der Waals surface area contributed by atoms with Crippen LogP contribution in [-0.2, 0) is 6.54 Å². The minimum absolute atomic E-state index is 0.139. The van der Waals surface area contributed by atoms with Gasteiger partial charge in [-0.3, -0.25) is 9.89 Å². The van der Waals surface area contributed by atoms with Gasteiger partial charge in [0.05, 0.1) is 0 Å². The van der Waals surface area contributed by atoms with Gasteiger partial charge in [-0.1, -0.05) is 6.42 Å². The molecule has 0 atom stereocenters. The molecule has 2 heterocycles. The molecule has 0 saturated carbocycles. The number of hydrogen-bond donors (Lipinski definition) is 2. The number of nitrogens with zero attached hydrogens (tertiary/aromatic N) is 2. The fraction of sp³-hybridized carbons (Fsp3) is 0.722. The number of aryl methyl sites for hydroxylation is 2. The van der Waals surface area contributed by atoms with E-state index in [1.165, 1.54) is 37.9 Å². The first-order chi connectivity index (χ1) is 10.9. The smallest absolute Gasteiger partial charge is 0.191 e. The van der Waals surface area contributed by atoms with Crippen LogP contribution in [0.3, 0.4) is 0 Å². The highest BCUT2D eigenvalue weighted by atomic mass is 16.3. The Balaban J connectivity index is 1.83. The third-order valence-corrected chi connectivity index (χ3v) is 4.71. The number of aliphatic imine (C=N–C) groups is 1. The lowest BCUT2D eigenvalue weighted by Gasteiger charge is -2.41. The minimum atomic E-state index is 0.139. The van der Waals surface area contributed by atoms with Gasteiger partial charge in [0.2, 0.25) is 0 Å². The molecular formula is C18H32N4O. The van der Waals surface area contributed by atoms with Gasteiger partial charge in [-0.2, -0.15) is 0 Å². The summed E-state index contributed by atoms with van der Waals surface area (Å²) < 4.78 is 5.57. The molecule has 0 amide bonds. The first-order valence-electron chi connectivity index (χ1n) is 8.68. The number of furan rings is 1. The largest absolute Gasteiger partial charge is 0.466 e. The van der Waals surface area contributed by atoms with E-state index in [-0.39, 0.29) is 5.54 Å². The Morgan fingerprint density at radius 1 is 1.22 bits per heavy atom. The van der Waals surface area contributed by atoms with Crippen molar-refractivity contribution < 1.29 is 4.42 Å². The molecule has 0 aromatic carbocycles. The molecule has 0 aliphatic carbocycles. The van der Waals surface area contributed by atoms with Gasteiger partial charge in [0, 0.05) is 31.2 Å². The average molecular weight is 320 g/mol. The summed E-state index contributed by atoms with van der Waals surface area (Å²) >= 11 is 0. The van der Waals surface area contributed by atoms with Crippen molar-refractivity contribution in [1.29, 1.82) is 0 Å². The second-order valence-electron chi connectivity index (χ2n) is 7.08. The summed E-state index contributed by atoms with van der Waals surface area (Å²) in [6.45, 7) is 12.6. The summed E-state index contributed by atoms with van der Waals surface area (Å²) in [5.41, 5.74) is 1.32. The quantitative estimate of drug-likeness (QED) is 0.647. The highest BCUT2D eigenvalue weighted by Gasteiger charge is 2.27. The standard InChI is InChI=1S/C18H32N4O/c1-14-11-16(15(2)23-14)12-20-17(19-5)21-13-18(3,4)22-9-7-6-8-10-22/h11H,6-10,12-13H2,1-5H3,(H2,19,20,21). The van der Waals surface area contributed by atoms with Crippen molar-refractivity contribution in [1.82, 2.24) is 15.5 Å². The van der Waals surface area contributed by atoms with E-state index < -0.39 is 0 Å². The fourth-order valence-corrected chi connectivity index (χ4v) is 3.17. The third kappa shape index (κ3) is 4.99. The number of nitrogens with one attached hydrogen (secondary N) is 2. The number of rotatable bonds is 5. The molecule has 2 rings (SSSR count). The maximum absolute atomic E-state index is 5.57. The minimum Gasteiger partial charge on any atom is -0.466 e. The van der Waals surface area contributed by atoms with Gasteiger partial charge in [0.25, 0.3) is 0 Å². The molecule has 0 spiro atoms. The average Bonchev–Trinajstić information content (AvgIpc) is 2.86. The van der Waals surface area contributed by atoms with Crippen LogP contribution in [0.25, 0.3) is 0 Å². The summed E-state index contributed by atoms with van der Waals surface area (Å²) in [7, 11) is 1.82.